The number of nitrogens with zero attached hydrogens (tertiary/aromatic N) is 3. The fourth-order valence-corrected chi connectivity index (χ4v) is 3.95. The summed E-state index contributed by atoms with van der Waals surface area (Å²) in [7, 11) is 1.96. The number of amides is 1. The quantitative estimate of drug-likeness (QED) is 0.442. The Hall–Kier alpha value is -3.70. The lowest BCUT2D eigenvalue weighted by Gasteiger charge is -2.18. The molecule has 0 spiro atoms. The van der Waals surface area contributed by atoms with Gasteiger partial charge in [0, 0.05) is 29.1 Å². The number of hydrogen-bond donors (Lipinski definition) is 1. The standard InChI is InChI=1S/C27H28N4O/c1-20-25(21(2)31(29-20)23-14-8-5-9-15-23)18-30(3)19-27(32)28-26-17-11-10-16-24(26)22-12-6-4-7-13-22/h4-17H,18-19H2,1-3H3,(H,28,32). The van der Waals surface area contributed by atoms with Gasteiger partial charge >= 0.3 is 0 Å². The monoisotopic (exact) mass is 424 g/mol. The van der Waals surface area contributed by atoms with Crippen molar-refractivity contribution < 1.29 is 4.79 Å². The topological polar surface area (TPSA) is 50.2 Å². The number of aryl methyl sites for hydroxylation is 1. The first kappa shape index (κ1) is 21.5. The molecule has 0 unspecified atom stereocenters. The van der Waals surface area contributed by atoms with E-state index in [0.717, 1.165) is 39.5 Å². The van der Waals surface area contributed by atoms with Crippen molar-refractivity contribution in [3.8, 4) is 16.8 Å². The lowest BCUT2D eigenvalue weighted by molar-refractivity contribution is -0.117. The molecule has 4 aromatic rings. The number of nitrogens with one attached hydrogen (secondary N) is 1. The van der Waals surface area contributed by atoms with Gasteiger partial charge in [0.2, 0.25) is 5.91 Å². The normalized spacial score (nSPS) is 11.0. The van der Waals surface area contributed by atoms with E-state index in [1.807, 2.05) is 108 Å². The van der Waals surface area contributed by atoms with Crippen LogP contribution in [0.5, 0.6) is 0 Å². The Morgan fingerprint density at radius 1 is 0.906 bits per heavy atom. The molecule has 0 aliphatic rings. The Labute approximate surface area is 189 Å². The van der Waals surface area contributed by atoms with E-state index < -0.39 is 0 Å². The predicted molar refractivity (Wildman–Crippen MR) is 130 cm³/mol. The summed E-state index contributed by atoms with van der Waals surface area (Å²) in [6.45, 7) is 5.04. The van der Waals surface area contributed by atoms with Crippen molar-refractivity contribution in [3.63, 3.8) is 0 Å². The molecule has 162 valence electrons. The third kappa shape index (κ3) is 4.79. The predicted octanol–water partition coefficient (Wildman–Crippen LogP) is 5.23. The van der Waals surface area contributed by atoms with Crippen LogP contribution in [-0.2, 0) is 11.3 Å². The smallest absolute Gasteiger partial charge is 0.238 e. The zero-order valence-electron chi connectivity index (χ0n) is 18.7. The van der Waals surface area contributed by atoms with Crippen molar-refractivity contribution >= 4 is 11.6 Å². The minimum absolute atomic E-state index is 0.0401. The maximum Gasteiger partial charge on any atom is 0.238 e. The van der Waals surface area contributed by atoms with Crippen molar-refractivity contribution in [2.75, 3.05) is 18.9 Å². The van der Waals surface area contributed by atoms with Crippen LogP contribution >= 0.6 is 0 Å². The van der Waals surface area contributed by atoms with Gasteiger partial charge in [-0.25, -0.2) is 4.68 Å². The van der Waals surface area contributed by atoms with Gasteiger partial charge in [-0.1, -0.05) is 66.7 Å². The summed E-state index contributed by atoms with van der Waals surface area (Å²) >= 11 is 0. The molecule has 5 heteroatoms. The van der Waals surface area contributed by atoms with Crippen molar-refractivity contribution in [2.24, 2.45) is 0 Å². The van der Waals surface area contributed by atoms with Gasteiger partial charge < -0.3 is 5.32 Å². The number of aromatic nitrogens is 2. The number of benzene rings is 3. The van der Waals surface area contributed by atoms with Crippen LogP contribution in [0.3, 0.4) is 0 Å². The van der Waals surface area contributed by atoms with Gasteiger partial charge in [0.15, 0.2) is 0 Å². The van der Waals surface area contributed by atoms with Crippen LogP contribution in [0.15, 0.2) is 84.9 Å². The van der Waals surface area contributed by atoms with Crippen LogP contribution in [0.2, 0.25) is 0 Å². The fourth-order valence-electron chi connectivity index (χ4n) is 3.95. The van der Waals surface area contributed by atoms with Crippen LogP contribution in [-0.4, -0.2) is 34.2 Å². The van der Waals surface area contributed by atoms with Crippen molar-refractivity contribution in [2.45, 2.75) is 20.4 Å². The molecule has 0 aliphatic heterocycles. The van der Waals surface area contributed by atoms with Gasteiger partial charge in [-0.05, 0) is 44.7 Å². The summed E-state index contributed by atoms with van der Waals surface area (Å²) in [5, 5.41) is 7.80. The van der Waals surface area contributed by atoms with E-state index in [1.54, 1.807) is 0 Å². The second kappa shape index (κ2) is 9.62. The Morgan fingerprint density at radius 2 is 1.53 bits per heavy atom. The highest BCUT2D eigenvalue weighted by atomic mass is 16.2. The molecule has 4 rings (SSSR count). The summed E-state index contributed by atoms with van der Waals surface area (Å²) in [6, 6.07) is 28.1. The van der Waals surface area contributed by atoms with Crippen LogP contribution in [0.1, 0.15) is 17.0 Å². The minimum atomic E-state index is -0.0401. The zero-order chi connectivity index (χ0) is 22.5. The van der Waals surface area contributed by atoms with E-state index in [-0.39, 0.29) is 5.91 Å². The second-order valence-electron chi connectivity index (χ2n) is 8.03. The molecule has 0 aliphatic carbocycles. The van der Waals surface area contributed by atoms with E-state index in [9.17, 15) is 4.79 Å². The van der Waals surface area contributed by atoms with E-state index in [0.29, 0.717) is 13.1 Å². The van der Waals surface area contributed by atoms with E-state index in [1.165, 1.54) is 0 Å². The fraction of sp³-hybridized carbons (Fsp3) is 0.185. The number of carbonyl (C=O) groups excluding carboxylic acids is 1. The number of rotatable bonds is 7. The number of anilines is 1. The molecule has 0 bridgehead atoms. The first-order valence-corrected chi connectivity index (χ1v) is 10.8. The molecule has 32 heavy (non-hydrogen) atoms. The Morgan fingerprint density at radius 3 is 2.25 bits per heavy atom. The molecule has 0 atom stereocenters. The molecule has 1 aromatic heterocycles. The van der Waals surface area contributed by atoms with Crippen LogP contribution in [0.4, 0.5) is 5.69 Å². The largest absolute Gasteiger partial charge is 0.324 e. The minimum Gasteiger partial charge on any atom is -0.324 e. The summed E-state index contributed by atoms with van der Waals surface area (Å²) in [5.74, 6) is -0.0401. The molecular weight excluding hydrogens is 396 g/mol. The molecule has 0 fully saturated rings. The van der Waals surface area contributed by atoms with Gasteiger partial charge in [-0.2, -0.15) is 5.10 Å². The maximum absolute atomic E-state index is 12.8. The van der Waals surface area contributed by atoms with Gasteiger partial charge in [-0.15, -0.1) is 0 Å². The van der Waals surface area contributed by atoms with E-state index >= 15 is 0 Å². The molecule has 3 aromatic carbocycles. The third-order valence-electron chi connectivity index (χ3n) is 5.57. The molecule has 0 saturated heterocycles. The summed E-state index contributed by atoms with van der Waals surface area (Å²) in [5.41, 5.74) is 7.17. The van der Waals surface area contributed by atoms with Crippen molar-refractivity contribution in [1.82, 2.24) is 14.7 Å². The number of hydrogen-bond acceptors (Lipinski definition) is 3. The SMILES string of the molecule is Cc1nn(-c2ccccc2)c(C)c1CN(C)CC(=O)Nc1ccccc1-c1ccccc1. The molecular formula is C27H28N4O. The number of carbonyl (C=O) groups is 1. The van der Waals surface area contributed by atoms with E-state index in [2.05, 4.69) is 12.2 Å². The second-order valence-corrected chi connectivity index (χ2v) is 8.03. The molecule has 1 N–H and O–H groups in total. The molecule has 1 heterocycles. The first-order chi connectivity index (χ1) is 15.5. The molecule has 5 nitrogen and oxygen atoms in total. The summed E-state index contributed by atoms with van der Waals surface area (Å²) in [4.78, 5) is 14.8. The average Bonchev–Trinajstić information content (AvgIpc) is 3.09. The summed E-state index contributed by atoms with van der Waals surface area (Å²) in [6.07, 6.45) is 0. The van der Waals surface area contributed by atoms with Gasteiger partial charge in [0.05, 0.1) is 17.9 Å². The highest BCUT2D eigenvalue weighted by molar-refractivity contribution is 5.96. The first-order valence-electron chi connectivity index (χ1n) is 10.8. The lowest BCUT2D eigenvalue weighted by Crippen LogP contribution is -2.30. The van der Waals surface area contributed by atoms with Crippen LogP contribution in [0.25, 0.3) is 16.8 Å². The summed E-state index contributed by atoms with van der Waals surface area (Å²) < 4.78 is 1.97. The number of para-hydroxylation sites is 2. The highest BCUT2D eigenvalue weighted by Crippen LogP contribution is 2.27. The van der Waals surface area contributed by atoms with Crippen molar-refractivity contribution in [1.29, 1.82) is 0 Å². The zero-order valence-corrected chi connectivity index (χ0v) is 18.7. The average molecular weight is 425 g/mol. The van der Waals surface area contributed by atoms with Crippen LogP contribution < -0.4 is 5.32 Å². The van der Waals surface area contributed by atoms with Crippen LogP contribution in [0, 0.1) is 13.8 Å². The Balaban J connectivity index is 1.45. The van der Waals surface area contributed by atoms with Gasteiger partial charge in [0.25, 0.3) is 0 Å². The maximum atomic E-state index is 12.8. The molecule has 1 amide bonds. The molecule has 0 radical (unpaired) electrons. The van der Waals surface area contributed by atoms with Crippen molar-refractivity contribution in [3.05, 3.63) is 102 Å². The Bertz CT molecular complexity index is 1200. The van der Waals surface area contributed by atoms with Gasteiger partial charge in [-0.3, -0.25) is 9.69 Å². The van der Waals surface area contributed by atoms with E-state index in [4.69, 9.17) is 5.10 Å². The Kier molecular flexibility index (Phi) is 6.47. The third-order valence-corrected chi connectivity index (χ3v) is 5.57. The highest BCUT2D eigenvalue weighted by Gasteiger charge is 2.16. The number of likely N-dealkylation sites (N-methyl/N-ethyl adjacent to an activating group) is 1. The van der Waals surface area contributed by atoms with Gasteiger partial charge in [0.1, 0.15) is 0 Å². The lowest BCUT2D eigenvalue weighted by atomic mass is 10.0. The molecule has 0 saturated carbocycles.